The van der Waals surface area contributed by atoms with Crippen LogP contribution in [0.5, 0.6) is 0 Å². The van der Waals surface area contributed by atoms with Gasteiger partial charge in [0.05, 0.1) is 12.6 Å². The first kappa shape index (κ1) is 19.9. The predicted octanol–water partition coefficient (Wildman–Crippen LogP) is 3.26. The van der Waals surface area contributed by atoms with Gasteiger partial charge in [-0.2, -0.15) is 0 Å². The van der Waals surface area contributed by atoms with E-state index in [0.717, 1.165) is 36.4 Å². The Morgan fingerprint density at radius 1 is 1.07 bits per heavy atom. The maximum atomic E-state index is 12.3. The molecule has 1 unspecified atom stereocenters. The first-order valence-electron chi connectivity index (χ1n) is 9.62. The Bertz CT molecular complexity index is 845. The molecule has 0 bridgehead atoms. The molecular weight excluding hydrogens is 354 g/mol. The molecule has 2 amide bonds. The van der Waals surface area contributed by atoms with Crippen molar-refractivity contribution in [2.45, 2.75) is 32.8 Å². The topological polar surface area (TPSA) is 79.5 Å². The fraction of sp³-hybridized carbons (Fsp3) is 0.364. The molecule has 2 aromatic rings. The lowest BCUT2D eigenvalue weighted by molar-refractivity contribution is -0.114. The Labute approximate surface area is 165 Å². The van der Waals surface area contributed by atoms with Crippen LogP contribution < -0.4 is 16.0 Å². The van der Waals surface area contributed by atoms with Crippen molar-refractivity contribution in [2.75, 3.05) is 30.3 Å². The van der Waals surface area contributed by atoms with E-state index in [4.69, 9.17) is 4.74 Å². The second kappa shape index (κ2) is 9.37. The molecule has 0 saturated carbocycles. The lowest BCUT2D eigenvalue weighted by Crippen LogP contribution is -2.31. The molecule has 1 heterocycles. The molecule has 0 aliphatic carbocycles. The van der Waals surface area contributed by atoms with Crippen molar-refractivity contribution < 1.29 is 14.3 Å². The molecule has 3 N–H and O–H groups in total. The van der Waals surface area contributed by atoms with Gasteiger partial charge in [0.15, 0.2) is 0 Å². The van der Waals surface area contributed by atoms with Crippen LogP contribution in [-0.2, 0) is 9.53 Å². The van der Waals surface area contributed by atoms with Crippen LogP contribution in [0.4, 0.5) is 11.4 Å². The van der Waals surface area contributed by atoms with E-state index >= 15 is 0 Å². The molecule has 1 aliphatic heterocycles. The predicted molar refractivity (Wildman–Crippen MR) is 111 cm³/mol. The van der Waals surface area contributed by atoms with Gasteiger partial charge in [0.2, 0.25) is 5.91 Å². The zero-order valence-electron chi connectivity index (χ0n) is 16.4. The summed E-state index contributed by atoms with van der Waals surface area (Å²) in [6, 6.07) is 13.0. The van der Waals surface area contributed by atoms with Gasteiger partial charge in [-0.05, 0) is 68.1 Å². The summed E-state index contributed by atoms with van der Waals surface area (Å²) in [5, 5.41) is 8.85. The number of ether oxygens (including phenoxy) is 1. The maximum absolute atomic E-state index is 12.3. The van der Waals surface area contributed by atoms with Crippen molar-refractivity contribution in [3.05, 3.63) is 59.2 Å². The molecule has 6 heteroatoms. The van der Waals surface area contributed by atoms with E-state index in [1.165, 1.54) is 5.56 Å². The van der Waals surface area contributed by atoms with E-state index in [1.807, 2.05) is 38.1 Å². The van der Waals surface area contributed by atoms with Gasteiger partial charge in [-0.3, -0.25) is 9.59 Å². The molecule has 1 atom stereocenters. The van der Waals surface area contributed by atoms with Crippen molar-refractivity contribution in [3.63, 3.8) is 0 Å². The summed E-state index contributed by atoms with van der Waals surface area (Å²) < 4.78 is 5.52. The van der Waals surface area contributed by atoms with Crippen molar-refractivity contribution >= 4 is 23.2 Å². The van der Waals surface area contributed by atoms with Gasteiger partial charge in [0, 0.05) is 30.1 Å². The van der Waals surface area contributed by atoms with Crippen LogP contribution in [0.2, 0.25) is 0 Å². The van der Waals surface area contributed by atoms with Gasteiger partial charge in [-0.1, -0.05) is 12.1 Å². The van der Waals surface area contributed by atoms with Crippen LogP contribution in [0.3, 0.4) is 0 Å². The molecule has 148 valence electrons. The van der Waals surface area contributed by atoms with Crippen LogP contribution in [0, 0.1) is 13.8 Å². The second-order valence-electron chi connectivity index (χ2n) is 7.13. The number of amides is 2. The summed E-state index contributed by atoms with van der Waals surface area (Å²) in [5.74, 6) is -0.282. The normalized spacial score (nSPS) is 15.9. The summed E-state index contributed by atoms with van der Waals surface area (Å²) in [4.78, 5) is 24.5. The van der Waals surface area contributed by atoms with Crippen LogP contribution in [0.25, 0.3) is 0 Å². The minimum absolute atomic E-state index is 0.111. The van der Waals surface area contributed by atoms with E-state index in [-0.39, 0.29) is 24.5 Å². The van der Waals surface area contributed by atoms with Crippen molar-refractivity contribution in [1.82, 2.24) is 5.32 Å². The SMILES string of the molecule is Cc1ccc(NC(=O)CNc2cccc(C(=O)NCC3CCCO3)c2)cc1C. The standard InChI is InChI=1S/C22H27N3O3/c1-15-8-9-19(11-16(15)2)25-21(26)14-23-18-6-3-5-17(12-18)22(27)24-13-20-7-4-10-28-20/h3,5-6,8-9,11-12,20,23H,4,7,10,13-14H2,1-2H3,(H,24,27)(H,25,26). The molecule has 3 rings (SSSR count). The minimum Gasteiger partial charge on any atom is -0.376 e. The quantitative estimate of drug-likeness (QED) is 0.688. The number of carbonyl (C=O) groups is 2. The zero-order chi connectivity index (χ0) is 19.9. The van der Waals surface area contributed by atoms with Gasteiger partial charge >= 0.3 is 0 Å². The van der Waals surface area contributed by atoms with Gasteiger partial charge in [-0.25, -0.2) is 0 Å². The average molecular weight is 381 g/mol. The van der Waals surface area contributed by atoms with Gasteiger partial charge < -0.3 is 20.7 Å². The average Bonchev–Trinajstić information content (AvgIpc) is 3.21. The maximum Gasteiger partial charge on any atom is 0.251 e. The fourth-order valence-electron chi connectivity index (χ4n) is 3.09. The molecule has 6 nitrogen and oxygen atoms in total. The number of hydrogen-bond acceptors (Lipinski definition) is 4. The molecule has 1 saturated heterocycles. The molecule has 0 spiro atoms. The third-order valence-electron chi connectivity index (χ3n) is 4.88. The molecular formula is C22H27N3O3. The number of anilines is 2. The monoisotopic (exact) mass is 381 g/mol. The molecule has 0 radical (unpaired) electrons. The molecule has 0 aromatic heterocycles. The number of nitrogens with one attached hydrogen (secondary N) is 3. The Hall–Kier alpha value is -2.86. The lowest BCUT2D eigenvalue weighted by atomic mass is 10.1. The van der Waals surface area contributed by atoms with E-state index in [9.17, 15) is 9.59 Å². The van der Waals surface area contributed by atoms with Crippen molar-refractivity contribution in [1.29, 1.82) is 0 Å². The molecule has 28 heavy (non-hydrogen) atoms. The highest BCUT2D eigenvalue weighted by atomic mass is 16.5. The van der Waals surface area contributed by atoms with Crippen molar-refractivity contribution in [2.24, 2.45) is 0 Å². The summed E-state index contributed by atoms with van der Waals surface area (Å²) >= 11 is 0. The first-order valence-corrected chi connectivity index (χ1v) is 9.62. The van der Waals surface area contributed by atoms with Crippen molar-refractivity contribution in [3.8, 4) is 0 Å². The summed E-state index contributed by atoms with van der Waals surface area (Å²) in [6.07, 6.45) is 2.14. The van der Waals surface area contributed by atoms with E-state index < -0.39 is 0 Å². The molecule has 1 fully saturated rings. The van der Waals surface area contributed by atoms with Crippen LogP contribution >= 0.6 is 0 Å². The lowest BCUT2D eigenvalue weighted by Gasteiger charge is -2.12. The highest BCUT2D eigenvalue weighted by Crippen LogP contribution is 2.15. The van der Waals surface area contributed by atoms with Gasteiger partial charge in [0.25, 0.3) is 5.91 Å². The van der Waals surface area contributed by atoms with E-state index in [0.29, 0.717) is 12.1 Å². The van der Waals surface area contributed by atoms with Gasteiger partial charge in [-0.15, -0.1) is 0 Å². The largest absolute Gasteiger partial charge is 0.376 e. The first-order chi connectivity index (χ1) is 13.5. The van der Waals surface area contributed by atoms with E-state index in [1.54, 1.807) is 18.2 Å². The Morgan fingerprint density at radius 3 is 2.68 bits per heavy atom. The summed E-state index contributed by atoms with van der Waals surface area (Å²) in [7, 11) is 0. The van der Waals surface area contributed by atoms with Crippen LogP contribution in [0.15, 0.2) is 42.5 Å². The number of benzene rings is 2. The zero-order valence-corrected chi connectivity index (χ0v) is 16.4. The van der Waals surface area contributed by atoms with Crippen LogP contribution in [-0.4, -0.2) is 37.6 Å². The Kier molecular flexibility index (Phi) is 6.66. The van der Waals surface area contributed by atoms with E-state index in [2.05, 4.69) is 16.0 Å². The highest BCUT2D eigenvalue weighted by molar-refractivity contribution is 5.96. The molecule has 1 aliphatic rings. The summed E-state index contributed by atoms with van der Waals surface area (Å²) in [6.45, 7) is 5.46. The Balaban J connectivity index is 1.50. The fourth-order valence-corrected chi connectivity index (χ4v) is 3.09. The third kappa shape index (κ3) is 5.57. The Morgan fingerprint density at radius 2 is 1.93 bits per heavy atom. The minimum atomic E-state index is -0.142. The second-order valence-corrected chi connectivity index (χ2v) is 7.13. The summed E-state index contributed by atoms with van der Waals surface area (Å²) in [5.41, 5.74) is 4.37. The van der Waals surface area contributed by atoms with Crippen LogP contribution in [0.1, 0.15) is 34.3 Å². The number of hydrogen-bond donors (Lipinski definition) is 3. The smallest absolute Gasteiger partial charge is 0.251 e. The number of aryl methyl sites for hydroxylation is 2. The third-order valence-corrected chi connectivity index (χ3v) is 4.88. The highest BCUT2D eigenvalue weighted by Gasteiger charge is 2.16. The number of carbonyl (C=O) groups excluding carboxylic acids is 2. The molecule has 2 aromatic carbocycles. The number of rotatable bonds is 7. The van der Waals surface area contributed by atoms with Gasteiger partial charge in [0.1, 0.15) is 0 Å².